The van der Waals surface area contributed by atoms with Crippen LogP contribution >= 0.6 is 11.5 Å². The van der Waals surface area contributed by atoms with Crippen LogP contribution in [0.25, 0.3) is 11.1 Å². The monoisotopic (exact) mass is 652 g/mol. The number of hydrogen-bond donors (Lipinski definition) is 0. The van der Waals surface area contributed by atoms with Gasteiger partial charge in [-0.3, -0.25) is 0 Å². The largest absolute Gasteiger partial charge is 0.497 e. The van der Waals surface area contributed by atoms with Gasteiger partial charge in [0.25, 0.3) is 10.0 Å². The van der Waals surface area contributed by atoms with Crippen molar-refractivity contribution in [3.8, 4) is 28.7 Å². The smallest absolute Gasteiger partial charge is 0.416 e. The number of methoxy groups -OCH3 is 2. The second-order valence-electron chi connectivity index (χ2n) is 9.52. The topological polar surface area (TPSA) is 131 Å². The van der Waals surface area contributed by atoms with Gasteiger partial charge < -0.3 is 9.47 Å². The Kier molecular flexibility index (Phi) is 8.98. The van der Waals surface area contributed by atoms with Crippen LogP contribution in [0, 0.1) is 11.3 Å². The molecule has 3 aromatic carbocycles. The summed E-state index contributed by atoms with van der Waals surface area (Å²) in [6, 6.07) is 15.9. The molecule has 0 N–H and O–H groups in total. The number of nitrogens with zero attached hydrogens (tertiary/aromatic N) is 6. The highest BCUT2D eigenvalue weighted by molar-refractivity contribution is 7.93. The molecule has 0 saturated heterocycles. The number of aromatic nitrogens is 4. The number of anilines is 1. The molecule has 0 bridgehead atoms. The number of alkyl halides is 3. The summed E-state index contributed by atoms with van der Waals surface area (Å²) in [7, 11) is -1.35. The summed E-state index contributed by atoms with van der Waals surface area (Å²) >= 11 is 0.876. The zero-order valence-electron chi connectivity index (χ0n) is 23.7. The summed E-state index contributed by atoms with van der Waals surface area (Å²) in [5, 5.41) is 17.6. The Bertz CT molecular complexity index is 1970. The second-order valence-corrected chi connectivity index (χ2v) is 12.1. The molecule has 45 heavy (non-hydrogen) atoms. The van der Waals surface area contributed by atoms with E-state index in [1.165, 1.54) is 63.3 Å². The number of hydrogen-bond acceptors (Lipinski definition) is 10. The van der Waals surface area contributed by atoms with Gasteiger partial charge in [0, 0.05) is 28.7 Å². The summed E-state index contributed by atoms with van der Waals surface area (Å²) < 4.78 is 84.4. The zero-order valence-corrected chi connectivity index (χ0v) is 25.3. The van der Waals surface area contributed by atoms with Crippen molar-refractivity contribution >= 4 is 26.7 Å². The van der Waals surface area contributed by atoms with Gasteiger partial charge >= 0.3 is 6.18 Å². The van der Waals surface area contributed by atoms with Crippen LogP contribution in [0.4, 0.5) is 18.3 Å². The van der Waals surface area contributed by atoms with Crippen molar-refractivity contribution in [2.24, 2.45) is 0 Å². The molecule has 0 radical (unpaired) electrons. The van der Waals surface area contributed by atoms with Gasteiger partial charge in [-0.1, -0.05) is 12.1 Å². The Hall–Kier alpha value is -5.07. The Balaban J connectivity index is 1.53. The van der Waals surface area contributed by atoms with Crippen LogP contribution in [0.15, 0.2) is 84.3 Å². The van der Waals surface area contributed by atoms with Gasteiger partial charge in [-0.2, -0.15) is 33.0 Å². The fraction of sp³-hybridized carbons (Fsp3) is 0.167. The molecule has 10 nitrogen and oxygen atoms in total. The first-order valence-corrected chi connectivity index (χ1v) is 15.3. The maximum atomic E-state index is 14.0. The van der Waals surface area contributed by atoms with Crippen LogP contribution in [-0.4, -0.2) is 42.2 Å². The summed E-state index contributed by atoms with van der Waals surface area (Å²) in [6.07, 6.45) is -0.583. The van der Waals surface area contributed by atoms with Crippen LogP contribution in [-0.2, 0) is 29.2 Å². The first-order chi connectivity index (χ1) is 21.5. The molecule has 0 saturated carbocycles. The Morgan fingerprint density at radius 1 is 0.956 bits per heavy atom. The van der Waals surface area contributed by atoms with E-state index in [0.717, 1.165) is 28.0 Å². The van der Waals surface area contributed by atoms with Crippen molar-refractivity contribution in [3.05, 3.63) is 107 Å². The molecule has 0 aliphatic heterocycles. The van der Waals surface area contributed by atoms with E-state index in [4.69, 9.17) is 9.47 Å². The third-order valence-electron chi connectivity index (χ3n) is 6.87. The van der Waals surface area contributed by atoms with E-state index in [-0.39, 0.29) is 34.1 Å². The Labute approximate surface area is 260 Å². The highest BCUT2D eigenvalue weighted by Gasteiger charge is 2.32. The normalized spacial score (nSPS) is 11.6. The average Bonchev–Trinajstić information content (AvgIpc) is 3.58. The molecule has 0 unspecified atom stereocenters. The molecule has 5 rings (SSSR count). The number of benzene rings is 3. The van der Waals surface area contributed by atoms with Crippen LogP contribution < -0.4 is 13.8 Å². The molecule has 15 heteroatoms. The molecule has 0 aliphatic rings. The third-order valence-corrected chi connectivity index (χ3v) is 9.41. The van der Waals surface area contributed by atoms with Gasteiger partial charge in [0.2, 0.25) is 5.13 Å². The zero-order chi connectivity index (χ0) is 32.2. The van der Waals surface area contributed by atoms with E-state index >= 15 is 0 Å². The summed E-state index contributed by atoms with van der Waals surface area (Å²) in [4.78, 5) is 3.92. The molecule has 0 atom stereocenters. The maximum Gasteiger partial charge on any atom is 0.416 e. The summed E-state index contributed by atoms with van der Waals surface area (Å²) in [5.74, 6) is 0.912. The molecular formula is C30H23F3N6O4S2. The third kappa shape index (κ3) is 6.71. The van der Waals surface area contributed by atoms with E-state index in [9.17, 15) is 26.9 Å². The van der Waals surface area contributed by atoms with E-state index in [2.05, 4.69) is 19.6 Å². The van der Waals surface area contributed by atoms with Crippen molar-refractivity contribution < 1.29 is 31.1 Å². The van der Waals surface area contributed by atoms with Gasteiger partial charge in [-0.05, 0) is 65.6 Å². The lowest BCUT2D eigenvalue weighted by atomic mass is 9.92. The second kappa shape index (κ2) is 12.9. The number of sulfonamides is 1. The van der Waals surface area contributed by atoms with Gasteiger partial charge in [-0.15, -0.1) is 0 Å². The highest BCUT2D eigenvalue weighted by atomic mass is 32.2. The van der Waals surface area contributed by atoms with E-state index in [1.807, 2.05) is 6.07 Å². The molecule has 0 spiro atoms. The predicted octanol–water partition coefficient (Wildman–Crippen LogP) is 5.89. The summed E-state index contributed by atoms with van der Waals surface area (Å²) in [6.45, 7) is -0.163. The van der Waals surface area contributed by atoms with Gasteiger partial charge in [0.1, 0.15) is 17.8 Å². The Morgan fingerprint density at radius 2 is 1.73 bits per heavy atom. The minimum Gasteiger partial charge on any atom is -0.497 e. The van der Waals surface area contributed by atoms with Crippen molar-refractivity contribution in [2.45, 2.75) is 24.0 Å². The molecule has 230 valence electrons. The molecule has 0 fully saturated rings. The standard InChI is InChI=1S/C30H23F3N6O4S2/c1-42-25-7-4-22(28(14-25)43-2)17-39(29-35-18-38-44-29)45(40,41)26-8-5-19(23(12-26)15-34)11-20-3-6-24(30(31,32)33)13-27(20)21-9-10-36-37-16-21/h3-10,12-14,16,18H,11,17H2,1-2H3. The first kappa shape index (κ1) is 31.4. The molecule has 2 heterocycles. The first-order valence-electron chi connectivity index (χ1n) is 13.1. The van der Waals surface area contributed by atoms with Crippen LogP contribution in [0.5, 0.6) is 11.5 Å². The van der Waals surface area contributed by atoms with Gasteiger partial charge in [0.05, 0.1) is 55.2 Å². The average molecular weight is 653 g/mol. The van der Waals surface area contributed by atoms with Gasteiger partial charge in [-0.25, -0.2) is 17.7 Å². The van der Waals surface area contributed by atoms with Crippen molar-refractivity contribution in [1.82, 2.24) is 19.6 Å². The van der Waals surface area contributed by atoms with E-state index in [1.54, 1.807) is 18.2 Å². The van der Waals surface area contributed by atoms with Crippen LogP contribution in [0.1, 0.15) is 27.8 Å². The molecule has 5 aromatic rings. The van der Waals surface area contributed by atoms with Crippen LogP contribution in [0.2, 0.25) is 0 Å². The number of rotatable bonds is 10. The fourth-order valence-electron chi connectivity index (χ4n) is 4.60. The Morgan fingerprint density at radius 3 is 2.38 bits per heavy atom. The fourth-order valence-corrected chi connectivity index (χ4v) is 6.76. The molecular weight excluding hydrogens is 629 g/mol. The van der Waals surface area contributed by atoms with Crippen molar-refractivity contribution in [2.75, 3.05) is 18.5 Å². The lowest BCUT2D eigenvalue weighted by Crippen LogP contribution is -2.30. The highest BCUT2D eigenvalue weighted by Crippen LogP contribution is 2.36. The summed E-state index contributed by atoms with van der Waals surface area (Å²) in [5.41, 5.74) is 1.28. The number of ether oxygens (including phenoxy) is 2. The maximum absolute atomic E-state index is 14.0. The molecule has 0 amide bonds. The van der Waals surface area contributed by atoms with Crippen molar-refractivity contribution in [3.63, 3.8) is 0 Å². The predicted molar refractivity (Wildman–Crippen MR) is 159 cm³/mol. The minimum atomic E-state index is -4.57. The number of nitriles is 1. The van der Waals surface area contributed by atoms with Crippen molar-refractivity contribution in [1.29, 1.82) is 5.26 Å². The van der Waals surface area contributed by atoms with E-state index < -0.39 is 21.8 Å². The lowest BCUT2D eigenvalue weighted by Gasteiger charge is -2.23. The molecule has 2 aromatic heterocycles. The minimum absolute atomic E-state index is 0.0361. The SMILES string of the molecule is COc1ccc(CN(c2ncns2)S(=O)(=O)c2ccc(Cc3ccc(C(F)(F)F)cc3-c3ccnnc3)c(C#N)c2)c(OC)c1. The van der Waals surface area contributed by atoms with Gasteiger partial charge in [0.15, 0.2) is 0 Å². The van der Waals surface area contributed by atoms with Crippen LogP contribution in [0.3, 0.4) is 0 Å². The van der Waals surface area contributed by atoms with E-state index in [0.29, 0.717) is 33.8 Å². The number of halogens is 3. The molecule has 0 aliphatic carbocycles. The quantitative estimate of drug-likeness (QED) is 0.181. The lowest BCUT2D eigenvalue weighted by molar-refractivity contribution is -0.137.